The minimum absolute atomic E-state index is 0.0659. The molecule has 0 saturated heterocycles. The average Bonchev–Trinajstić information content (AvgIpc) is 3.08. The standard InChI is InChI=1S/C16H17F3N4O/c1-4-23-12(8-20-21-23)14(24)22-9-15(2,3)10-6-5-7-11(13(10)22)16(17,18)19/h5-8H,4,9H2,1-3H3. The molecule has 0 fully saturated rings. The van der Waals surface area contributed by atoms with Gasteiger partial charge in [-0.1, -0.05) is 31.2 Å². The molecular formula is C16H17F3N4O. The first-order chi connectivity index (χ1) is 11.2. The molecule has 0 radical (unpaired) electrons. The number of fused-ring (bicyclic) bond motifs is 1. The zero-order valence-electron chi connectivity index (χ0n) is 13.6. The molecule has 0 spiro atoms. The van der Waals surface area contributed by atoms with Crippen LogP contribution in [-0.4, -0.2) is 27.4 Å². The molecule has 5 nitrogen and oxygen atoms in total. The molecule has 24 heavy (non-hydrogen) atoms. The molecule has 0 saturated carbocycles. The van der Waals surface area contributed by atoms with Crippen LogP contribution in [0.4, 0.5) is 18.9 Å². The Balaban J connectivity index is 2.16. The van der Waals surface area contributed by atoms with E-state index in [1.807, 2.05) is 13.8 Å². The highest BCUT2D eigenvalue weighted by Crippen LogP contribution is 2.47. The van der Waals surface area contributed by atoms with E-state index in [0.717, 1.165) is 6.07 Å². The molecule has 2 aromatic rings. The Kier molecular flexibility index (Phi) is 3.65. The Bertz CT molecular complexity index is 795. The summed E-state index contributed by atoms with van der Waals surface area (Å²) in [6.45, 7) is 6.02. The van der Waals surface area contributed by atoms with Gasteiger partial charge in [0, 0.05) is 18.5 Å². The quantitative estimate of drug-likeness (QED) is 0.845. The van der Waals surface area contributed by atoms with Crippen molar-refractivity contribution in [3.8, 4) is 0 Å². The first-order valence-electron chi connectivity index (χ1n) is 7.58. The maximum atomic E-state index is 13.5. The predicted molar refractivity (Wildman–Crippen MR) is 81.8 cm³/mol. The summed E-state index contributed by atoms with van der Waals surface area (Å²) < 4.78 is 41.7. The van der Waals surface area contributed by atoms with Crippen LogP contribution < -0.4 is 4.90 Å². The lowest BCUT2D eigenvalue weighted by molar-refractivity contribution is -0.137. The van der Waals surface area contributed by atoms with Gasteiger partial charge in [0.1, 0.15) is 5.69 Å². The minimum atomic E-state index is -4.53. The second-order valence-corrected chi connectivity index (χ2v) is 6.41. The van der Waals surface area contributed by atoms with Crippen LogP contribution in [0.1, 0.15) is 42.4 Å². The number of aryl methyl sites for hydroxylation is 1. The van der Waals surface area contributed by atoms with E-state index in [-0.39, 0.29) is 17.9 Å². The molecule has 0 aliphatic carbocycles. The van der Waals surface area contributed by atoms with E-state index in [1.54, 1.807) is 13.0 Å². The molecule has 1 aliphatic rings. The summed E-state index contributed by atoms with van der Waals surface area (Å²) in [5, 5.41) is 7.48. The van der Waals surface area contributed by atoms with Crippen molar-refractivity contribution in [2.45, 2.75) is 38.9 Å². The van der Waals surface area contributed by atoms with Crippen LogP contribution >= 0.6 is 0 Å². The van der Waals surface area contributed by atoms with Crippen LogP contribution in [0.5, 0.6) is 0 Å². The first-order valence-corrected chi connectivity index (χ1v) is 7.58. The fourth-order valence-corrected chi connectivity index (χ4v) is 3.14. The second kappa shape index (κ2) is 5.32. The topological polar surface area (TPSA) is 51.0 Å². The number of halogens is 3. The Labute approximate surface area is 137 Å². The van der Waals surface area contributed by atoms with Gasteiger partial charge in [-0.15, -0.1) is 5.10 Å². The van der Waals surface area contributed by atoms with Crippen molar-refractivity contribution in [2.75, 3.05) is 11.4 Å². The monoisotopic (exact) mass is 338 g/mol. The molecule has 8 heteroatoms. The van der Waals surface area contributed by atoms with E-state index >= 15 is 0 Å². The molecule has 0 atom stereocenters. The Morgan fingerprint density at radius 2 is 2.04 bits per heavy atom. The molecule has 1 aromatic heterocycles. The minimum Gasteiger partial charge on any atom is -0.305 e. The van der Waals surface area contributed by atoms with Crippen molar-refractivity contribution in [1.82, 2.24) is 15.0 Å². The number of alkyl halides is 3. The highest BCUT2D eigenvalue weighted by Gasteiger charge is 2.45. The largest absolute Gasteiger partial charge is 0.418 e. The number of nitrogens with zero attached hydrogens (tertiary/aromatic N) is 4. The number of carbonyl (C=O) groups excluding carboxylic acids is 1. The lowest BCUT2D eigenvalue weighted by atomic mass is 9.86. The normalized spacial score (nSPS) is 16.3. The van der Waals surface area contributed by atoms with Crippen LogP contribution in [0.15, 0.2) is 24.4 Å². The summed E-state index contributed by atoms with van der Waals surface area (Å²) >= 11 is 0. The van der Waals surface area contributed by atoms with Gasteiger partial charge >= 0.3 is 6.18 Å². The van der Waals surface area contributed by atoms with Gasteiger partial charge in [0.2, 0.25) is 0 Å². The van der Waals surface area contributed by atoms with E-state index in [2.05, 4.69) is 10.3 Å². The number of anilines is 1. The smallest absolute Gasteiger partial charge is 0.305 e. The van der Waals surface area contributed by atoms with E-state index in [4.69, 9.17) is 0 Å². The summed E-state index contributed by atoms with van der Waals surface area (Å²) in [5.74, 6) is -0.523. The summed E-state index contributed by atoms with van der Waals surface area (Å²) in [6, 6.07) is 4.04. The lowest BCUT2D eigenvalue weighted by Gasteiger charge is -2.22. The zero-order valence-corrected chi connectivity index (χ0v) is 13.6. The Hall–Kier alpha value is -2.38. The molecule has 1 aliphatic heterocycles. The third kappa shape index (κ3) is 2.46. The van der Waals surface area contributed by atoms with Crippen LogP contribution in [-0.2, 0) is 18.1 Å². The van der Waals surface area contributed by atoms with Crippen LogP contribution in [0, 0.1) is 0 Å². The SMILES string of the molecule is CCn1nncc1C(=O)N1CC(C)(C)c2cccc(C(F)(F)F)c21. The van der Waals surface area contributed by atoms with Crippen LogP contribution in [0.25, 0.3) is 0 Å². The average molecular weight is 338 g/mol. The highest BCUT2D eigenvalue weighted by atomic mass is 19.4. The molecule has 128 valence electrons. The van der Waals surface area contributed by atoms with E-state index in [1.165, 1.54) is 21.8 Å². The van der Waals surface area contributed by atoms with E-state index in [0.29, 0.717) is 12.1 Å². The van der Waals surface area contributed by atoms with Crippen molar-refractivity contribution < 1.29 is 18.0 Å². The number of carbonyl (C=O) groups is 1. The van der Waals surface area contributed by atoms with Gasteiger partial charge in [0.15, 0.2) is 0 Å². The van der Waals surface area contributed by atoms with Crippen molar-refractivity contribution >= 4 is 11.6 Å². The fourth-order valence-electron chi connectivity index (χ4n) is 3.14. The summed E-state index contributed by atoms with van der Waals surface area (Å²) in [5.41, 5.74) is -0.742. The fraction of sp³-hybridized carbons (Fsp3) is 0.438. The third-order valence-electron chi connectivity index (χ3n) is 4.28. The molecule has 0 bridgehead atoms. The van der Waals surface area contributed by atoms with Crippen LogP contribution in [0.2, 0.25) is 0 Å². The molecule has 0 unspecified atom stereocenters. The summed E-state index contributed by atoms with van der Waals surface area (Å²) in [7, 11) is 0. The first kappa shape index (κ1) is 16.5. The summed E-state index contributed by atoms with van der Waals surface area (Å²) in [4.78, 5) is 14.1. The van der Waals surface area contributed by atoms with E-state index < -0.39 is 23.1 Å². The van der Waals surface area contributed by atoms with Gasteiger partial charge in [0.05, 0.1) is 17.4 Å². The lowest BCUT2D eigenvalue weighted by Crippen LogP contribution is -2.35. The third-order valence-corrected chi connectivity index (χ3v) is 4.28. The zero-order chi connectivity index (χ0) is 17.7. The Morgan fingerprint density at radius 3 is 2.67 bits per heavy atom. The van der Waals surface area contributed by atoms with Gasteiger partial charge < -0.3 is 4.90 Å². The number of hydrogen-bond donors (Lipinski definition) is 0. The molecule has 1 aromatic carbocycles. The van der Waals surface area contributed by atoms with Crippen molar-refractivity contribution in [2.24, 2.45) is 0 Å². The van der Waals surface area contributed by atoms with Gasteiger partial charge in [0.25, 0.3) is 5.91 Å². The van der Waals surface area contributed by atoms with Crippen molar-refractivity contribution in [3.05, 3.63) is 41.2 Å². The number of para-hydroxylation sites is 1. The number of rotatable bonds is 2. The molecule has 3 rings (SSSR count). The highest BCUT2D eigenvalue weighted by molar-refractivity contribution is 6.07. The maximum absolute atomic E-state index is 13.5. The molecule has 0 N–H and O–H groups in total. The Morgan fingerprint density at radius 1 is 1.33 bits per heavy atom. The number of hydrogen-bond acceptors (Lipinski definition) is 3. The van der Waals surface area contributed by atoms with Crippen LogP contribution in [0.3, 0.4) is 0 Å². The number of amides is 1. The van der Waals surface area contributed by atoms with E-state index in [9.17, 15) is 18.0 Å². The molecule has 1 amide bonds. The summed E-state index contributed by atoms with van der Waals surface area (Å²) in [6.07, 6.45) is -3.25. The van der Waals surface area contributed by atoms with Gasteiger partial charge in [-0.3, -0.25) is 4.79 Å². The van der Waals surface area contributed by atoms with Gasteiger partial charge in [-0.25, -0.2) is 4.68 Å². The number of benzene rings is 1. The molecular weight excluding hydrogens is 321 g/mol. The van der Waals surface area contributed by atoms with Gasteiger partial charge in [-0.05, 0) is 18.6 Å². The maximum Gasteiger partial charge on any atom is 0.418 e. The van der Waals surface area contributed by atoms with Gasteiger partial charge in [-0.2, -0.15) is 13.2 Å². The number of aromatic nitrogens is 3. The second-order valence-electron chi connectivity index (χ2n) is 6.41. The van der Waals surface area contributed by atoms with Crippen molar-refractivity contribution in [3.63, 3.8) is 0 Å². The van der Waals surface area contributed by atoms with Crippen molar-refractivity contribution in [1.29, 1.82) is 0 Å². The predicted octanol–water partition coefficient (Wildman–Crippen LogP) is 3.25. The molecule has 2 heterocycles.